The molecule has 1 aromatic heterocycles. The summed E-state index contributed by atoms with van der Waals surface area (Å²) in [6, 6.07) is 5.16. The Hall–Kier alpha value is -2.37. The van der Waals surface area contributed by atoms with Crippen molar-refractivity contribution >= 4 is 5.91 Å². The number of carbonyl (C=O) groups excluding carboxylic acids is 1. The number of primary amides is 1. The number of benzene rings is 1. The summed E-state index contributed by atoms with van der Waals surface area (Å²) in [5.74, 6) is -0.115. The molecule has 2 aromatic rings. The van der Waals surface area contributed by atoms with E-state index in [1.165, 1.54) is 6.33 Å². The summed E-state index contributed by atoms with van der Waals surface area (Å²) in [6.07, 6.45) is 1.24. The van der Waals surface area contributed by atoms with Crippen LogP contribution in [-0.4, -0.2) is 26.3 Å². The van der Waals surface area contributed by atoms with Gasteiger partial charge in [-0.3, -0.25) is 4.79 Å². The fourth-order valence-corrected chi connectivity index (χ4v) is 1.37. The van der Waals surface area contributed by atoms with Crippen molar-refractivity contribution in [2.75, 3.05) is 0 Å². The molecule has 0 saturated heterocycles. The molecule has 0 aliphatic heterocycles. The molecular weight excluding hydrogens is 206 g/mol. The Labute approximate surface area is 91.5 Å². The number of nitrogens with two attached hydrogens (primary N) is 1. The average Bonchev–Trinajstić information content (AvgIpc) is 2.29. The molecule has 0 spiro atoms. The summed E-state index contributed by atoms with van der Waals surface area (Å²) in [7, 11) is 0. The van der Waals surface area contributed by atoms with E-state index in [1.807, 2.05) is 13.0 Å². The lowest BCUT2D eigenvalue weighted by molar-refractivity contribution is 0.1000. The SMILES string of the molecule is Cc1cc(C(N)=O)cc(-c2nncnn2)c1. The standard InChI is InChI=1S/C10H9N5O/c1-6-2-7(9(11)16)4-8(3-6)10-14-12-5-13-15-10/h2-5H,1H3,(H2,11,16). The van der Waals surface area contributed by atoms with Gasteiger partial charge in [0.25, 0.3) is 0 Å². The normalized spacial score (nSPS) is 10.1. The van der Waals surface area contributed by atoms with Crippen LogP contribution in [0, 0.1) is 6.92 Å². The Bertz CT molecular complexity index is 526. The summed E-state index contributed by atoms with van der Waals surface area (Å²) in [6.45, 7) is 1.86. The molecule has 1 aromatic carbocycles. The molecule has 0 bridgehead atoms. The van der Waals surface area contributed by atoms with Gasteiger partial charge in [0, 0.05) is 11.1 Å². The highest BCUT2D eigenvalue weighted by Gasteiger charge is 2.07. The maximum Gasteiger partial charge on any atom is 0.248 e. The van der Waals surface area contributed by atoms with Crippen LogP contribution >= 0.6 is 0 Å². The lowest BCUT2D eigenvalue weighted by Gasteiger charge is -2.02. The van der Waals surface area contributed by atoms with E-state index in [-0.39, 0.29) is 0 Å². The Morgan fingerprint density at radius 2 is 1.88 bits per heavy atom. The minimum absolute atomic E-state index is 0.369. The molecule has 80 valence electrons. The minimum Gasteiger partial charge on any atom is -0.366 e. The van der Waals surface area contributed by atoms with Crippen LogP contribution in [0.4, 0.5) is 0 Å². The third-order valence-corrected chi connectivity index (χ3v) is 2.03. The number of hydrogen-bond donors (Lipinski definition) is 1. The predicted molar refractivity (Wildman–Crippen MR) is 56.3 cm³/mol. The molecule has 0 unspecified atom stereocenters. The van der Waals surface area contributed by atoms with Crippen molar-refractivity contribution in [1.29, 1.82) is 0 Å². The largest absolute Gasteiger partial charge is 0.366 e. The first-order valence-corrected chi connectivity index (χ1v) is 4.59. The topological polar surface area (TPSA) is 94.7 Å². The highest BCUT2D eigenvalue weighted by molar-refractivity contribution is 5.94. The van der Waals surface area contributed by atoms with Crippen molar-refractivity contribution in [2.45, 2.75) is 6.92 Å². The van der Waals surface area contributed by atoms with Gasteiger partial charge in [0.1, 0.15) is 0 Å². The van der Waals surface area contributed by atoms with Gasteiger partial charge < -0.3 is 5.73 Å². The summed E-state index contributed by atoms with van der Waals surface area (Å²) in [5.41, 5.74) is 7.21. The maximum absolute atomic E-state index is 11.1. The van der Waals surface area contributed by atoms with Crippen molar-refractivity contribution in [3.63, 3.8) is 0 Å². The van der Waals surface area contributed by atoms with Gasteiger partial charge >= 0.3 is 0 Å². The number of aromatic nitrogens is 4. The fourth-order valence-electron chi connectivity index (χ4n) is 1.37. The second-order valence-corrected chi connectivity index (χ2v) is 3.32. The van der Waals surface area contributed by atoms with E-state index in [0.717, 1.165) is 5.56 Å². The van der Waals surface area contributed by atoms with Crippen LogP contribution in [0.15, 0.2) is 24.5 Å². The molecule has 6 heteroatoms. The van der Waals surface area contributed by atoms with Crippen LogP contribution < -0.4 is 5.73 Å². The van der Waals surface area contributed by atoms with Crippen molar-refractivity contribution in [2.24, 2.45) is 5.73 Å². The van der Waals surface area contributed by atoms with Crippen molar-refractivity contribution < 1.29 is 4.79 Å². The van der Waals surface area contributed by atoms with E-state index in [9.17, 15) is 4.79 Å². The Morgan fingerprint density at radius 1 is 1.19 bits per heavy atom. The van der Waals surface area contributed by atoms with Crippen LogP contribution in [-0.2, 0) is 0 Å². The summed E-state index contributed by atoms with van der Waals surface area (Å²) >= 11 is 0. The molecule has 1 heterocycles. The molecule has 0 saturated carbocycles. The zero-order chi connectivity index (χ0) is 11.5. The lowest BCUT2D eigenvalue weighted by atomic mass is 10.1. The van der Waals surface area contributed by atoms with Gasteiger partial charge in [-0.25, -0.2) is 0 Å². The molecular formula is C10H9N5O. The first-order valence-electron chi connectivity index (χ1n) is 4.59. The number of rotatable bonds is 2. The number of carbonyl (C=O) groups is 1. The minimum atomic E-state index is -0.484. The van der Waals surface area contributed by atoms with Gasteiger partial charge in [-0.2, -0.15) is 0 Å². The molecule has 6 nitrogen and oxygen atoms in total. The van der Waals surface area contributed by atoms with E-state index in [1.54, 1.807) is 12.1 Å². The van der Waals surface area contributed by atoms with Gasteiger partial charge in [0.2, 0.25) is 11.7 Å². The quantitative estimate of drug-likeness (QED) is 0.779. The number of hydrogen-bond acceptors (Lipinski definition) is 5. The van der Waals surface area contributed by atoms with Gasteiger partial charge in [-0.05, 0) is 30.7 Å². The van der Waals surface area contributed by atoms with Crippen LogP contribution in [0.5, 0.6) is 0 Å². The molecule has 1 amide bonds. The molecule has 0 atom stereocenters. The second kappa shape index (κ2) is 4.01. The molecule has 0 aliphatic rings. The first-order chi connectivity index (χ1) is 7.66. The van der Waals surface area contributed by atoms with Crippen LogP contribution in [0.25, 0.3) is 11.4 Å². The van der Waals surface area contributed by atoms with Crippen molar-refractivity contribution in [1.82, 2.24) is 20.4 Å². The number of aryl methyl sites for hydroxylation is 1. The van der Waals surface area contributed by atoms with Gasteiger partial charge in [-0.15, -0.1) is 20.4 Å². The van der Waals surface area contributed by atoms with Crippen LogP contribution in [0.2, 0.25) is 0 Å². The zero-order valence-electron chi connectivity index (χ0n) is 8.58. The summed E-state index contributed by atoms with van der Waals surface area (Å²) < 4.78 is 0. The van der Waals surface area contributed by atoms with Crippen LogP contribution in [0.3, 0.4) is 0 Å². The molecule has 0 fully saturated rings. The van der Waals surface area contributed by atoms with Gasteiger partial charge in [0.05, 0.1) is 0 Å². The second-order valence-electron chi connectivity index (χ2n) is 3.32. The van der Waals surface area contributed by atoms with Crippen molar-refractivity contribution in [3.05, 3.63) is 35.7 Å². The van der Waals surface area contributed by atoms with Gasteiger partial charge in [-0.1, -0.05) is 0 Å². The van der Waals surface area contributed by atoms with Crippen LogP contribution in [0.1, 0.15) is 15.9 Å². The Kier molecular flexibility index (Phi) is 2.55. The molecule has 2 N–H and O–H groups in total. The highest BCUT2D eigenvalue weighted by Crippen LogP contribution is 2.17. The molecule has 2 rings (SSSR count). The first kappa shape index (κ1) is 10.2. The third kappa shape index (κ3) is 2.00. The van der Waals surface area contributed by atoms with Gasteiger partial charge in [0.15, 0.2) is 6.33 Å². The third-order valence-electron chi connectivity index (χ3n) is 2.03. The van der Waals surface area contributed by atoms with E-state index >= 15 is 0 Å². The molecule has 0 aliphatic carbocycles. The lowest BCUT2D eigenvalue weighted by Crippen LogP contribution is -2.11. The predicted octanol–water partition coefficient (Wildman–Crippen LogP) is 0.341. The Balaban J connectivity index is 2.54. The summed E-state index contributed by atoms with van der Waals surface area (Å²) in [5, 5.41) is 14.9. The number of amides is 1. The maximum atomic E-state index is 11.1. The zero-order valence-corrected chi connectivity index (χ0v) is 8.58. The van der Waals surface area contributed by atoms with E-state index in [2.05, 4.69) is 20.4 Å². The summed E-state index contributed by atoms with van der Waals surface area (Å²) in [4.78, 5) is 11.1. The van der Waals surface area contributed by atoms with E-state index < -0.39 is 5.91 Å². The smallest absolute Gasteiger partial charge is 0.248 e. The van der Waals surface area contributed by atoms with E-state index in [0.29, 0.717) is 17.0 Å². The average molecular weight is 215 g/mol. The number of nitrogens with zero attached hydrogens (tertiary/aromatic N) is 4. The molecule has 16 heavy (non-hydrogen) atoms. The fraction of sp³-hybridized carbons (Fsp3) is 0.100. The highest BCUT2D eigenvalue weighted by atomic mass is 16.1. The van der Waals surface area contributed by atoms with Crippen molar-refractivity contribution in [3.8, 4) is 11.4 Å². The Morgan fingerprint density at radius 3 is 2.50 bits per heavy atom. The monoisotopic (exact) mass is 215 g/mol. The molecule has 0 radical (unpaired) electrons. The van der Waals surface area contributed by atoms with E-state index in [4.69, 9.17) is 5.73 Å².